The first kappa shape index (κ1) is 20.9. The van der Waals surface area contributed by atoms with Crippen LogP contribution in [0.25, 0.3) is 27.5 Å². The molecular formula is C27H23ClN4O2. The molecule has 1 N–H and O–H groups in total. The Bertz CT molecular complexity index is 1550. The molecule has 6 nitrogen and oxygen atoms in total. The van der Waals surface area contributed by atoms with Gasteiger partial charge in [0.1, 0.15) is 5.75 Å². The Labute approximate surface area is 201 Å². The van der Waals surface area contributed by atoms with Crippen LogP contribution in [-0.4, -0.2) is 32.6 Å². The zero-order valence-corrected chi connectivity index (χ0v) is 19.5. The zero-order valence-electron chi connectivity index (χ0n) is 18.7. The van der Waals surface area contributed by atoms with E-state index in [1.54, 1.807) is 13.3 Å². The van der Waals surface area contributed by atoms with E-state index >= 15 is 0 Å². The largest absolute Gasteiger partial charge is 0.497 e. The summed E-state index contributed by atoms with van der Waals surface area (Å²) in [7, 11) is 1.66. The lowest BCUT2D eigenvalue weighted by Crippen LogP contribution is -2.17. The summed E-state index contributed by atoms with van der Waals surface area (Å²) in [6.45, 7) is 0. The van der Waals surface area contributed by atoms with Crippen molar-refractivity contribution in [1.29, 1.82) is 0 Å². The number of aromatic amines is 1. The number of methoxy groups -OCH3 is 1. The maximum Gasteiger partial charge on any atom is 0.179 e. The fraction of sp³-hybridized carbons (Fsp3) is 0.222. The van der Waals surface area contributed by atoms with E-state index < -0.39 is 0 Å². The van der Waals surface area contributed by atoms with Gasteiger partial charge in [-0.15, -0.1) is 0 Å². The van der Waals surface area contributed by atoms with E-state index in [1.165, 1.54) is 5.56 Å². The summed E-state index contributed by atoms with van der Waals surface area (Å²) >= 11 is 6.09. The molecule has 5 aromatic rings. The summed E-state index contributed by atoms with van der Waals surface area (Å²) in [5.41, 5.74) is 5.77. The Balaban J connectivity index is 1.24. The van der Waals surface area contributed by atoms with Crippen molar-refractivity contribution in [3.63, 3.8) is 0 Å². The van der Waals surface area contributed by atoms with Gasteiger partial charge >= 0.3 is 0 Å². The minimum Gasteiger partial charge on any atom is -0.497 e. The molecule has 3 aromatic heterocycles. The van der Waals surface area contributed by atoms with Crippen LogP contribution in [0.2, 0.25) is 5.02 Å². The summed E-state index contributed by atoms with van der Waals surface area (Å²) < 4.78 is 7.35. The SMILES string of the molecule is COc1ccc2nccc(-n3cc4c(n3)CCC(CC(=O)c3cc5cc(Cl)ccc5[nH]3)C4)c2c1. The van der Waals surface area contributed by atoms with E-state index in [0.717, 1.165) is 58.2 Å². The van der Waals surface area contributed by atoms with Crippen molar-refractivity contribution in [3.8, 4) is 11.4 Å². The third kappa shape index (κ3) is 3.74. The summed E-state index contributed by atoms with van der Waals surface area (Å²) in [5, 5.41) is 7.50. The first-order valence-corrected chi connectivity index (χ1v) is 11.8. The number of benzene rings is 2. The van der Waals surface area contributed by atoms with E-state index in [0.29, 0.717) is 23.1 Å². The van der Waals surface area contributed by atoms with Gasteiger partial charge in [0.25, 0.3) is 0 Å². The number of nitrogens with zero attached hydrogens (tertiary/aromatic N) is 3. The molecule has 2 aromatic carbocycles. The Morgan fingerprint density at radius 3 is 3.00 bits per heavy atom. The Morgan fingerprint density at radius 1 is 1.21 bits per heavy atom. The van der Waals surface area contributed by atoms with Gasteiger partial charge in [0.2, 0.25) is 0 Å². The molecule has 0 radical (unpaired) electrons. The maximum absolute atomic E-state index is 13.0. The van der Waals surface area contributed by atoms with E-state index in [4.69, 9.17) is 21.4 Å². The molecule has 0 fully saturated rings. The molecule has 34 heavy (non-hydrogen) atoms. The van der Waals surface area contributed by atoms with Crippen LogP contribution >= 0.6 is 11.6 Å². The smallest absolute Gasteiger partial charge is 0.179 e. The molecule has 1 unspecified atom stereocenters. The molecule has 3 heterocycles. The number of hydrogen-bond donors (Lipinski definition) is 1. The fourth-order valence-electron chi connectivity index (χ4n) is 4.94. The molecule has 1 aliphatic rings. The molecular weight excluding hydrogens is 448 g/mol. The van der Waals surface area contributed by atoms with Gasteiger partial charge in [-0.25, -0.2) is 4.68 Å². The van der Waals surface area contributed by atoms with Crippen molar-refractivity contribution in [1.82, 2.24) is 19.7 Å². The number of ketones is 1. The van der Waals surface area contributed by atoms with Crippen LogP contribution in [0.15, 0.2) is 60.9 Å². The third-order valence-corrected chi connectivity index (χ3v) is 6.94. The van der Waals surface area contributed by atoms with Crippen molar-refractivity contribution in [2.45, 2.75) is 25.7 Å². The summed E-state index contributed by atoms with van der Waals surface area (Å²) in [4.78, 5) is 20.7. The number of H-pyrrole nitrogens is 1. The lowest BCUT2D eigenvalue weighted by molar-refractivity contribution is 0.0953. The summed E-state index contributed by atoms with van der Waals surface area (Å²) in [6.07, 6.45) is 7.09. The van der Waals surface area contributed by atoms with E-state index in [9.17, 15) is 4.79 Å². The van der Waals surface area contributed by atoms with E-state index in [-0.39, 0.29) is 5.78 Å². The molecule has 1 atom stereocenters. The Morgan fingerprint density at radius 2 is 2.12 bits per heavy atom. The summed E-state index contributed by atoms with van der Waals surface area (Å²) in [5.74, 6) is 1.22. The van der Waals surface area contributed by atoms with Gasteiger partial charge in [-0.3, -0.25) is 9.78 Å². The van der Waals surface area contributed by atoms with Crippen LogP contribution in [0.1, 0.15) is 34.6 Å². The normalized spacial score (nSPS) is 15.5. The number of aryl methyl sites for hydroxylation is 1. The fourth-order valence-corrected chi connectivity index (χ4v) is 5.12. The minimum absolute atomic E-state index is 0.139. The first-order valence-electron chi connectivity index (χ1n) is 11.4. The third-order valence-electron chi connectivity index (χ3n) is 6.71. The average Bonchev–Trinajstić information content (AvgIpc) is 3.47. The second-order valence-corrected chi connectivity index (χ2v) is 9.35. The number of carbonyl (C=O) groups is 1. The van der Waals surface area contributed by atoms with Gasteiger partial charge < -0.3 is 9.72 Å². The molecule has 6 rings (SSSR count). The van der Waals surface area contributed by atoms with Crippen LogP contribution in [0, 0.1) is 5.92 Å². The van der Waals surface area contributed by atoms with Gasteiger partial charge in [0, 0.05) is 40.1 Å². The number of carbonyl (C=O) groups excluding carboxylic acids is 1. The average molecular weight is 471 g/mol. The molecule has 0 aliphatic heterocycles. The van der Waals surface area contributed by atoms with E-state index in [1.807, 2.05) is 53.2 Å². The van der Waals surface area contributed by atoms with Crippen molar-refractivity contribution >= 4 is 39.2 Å². The predicted molar refractivity (Wildman–Crippen MR) is 133 cm³/mol. The Hall–Kier alpha value is -3.64. The number of hydrogen-bond acceptors (Lipinski definition) is 4. The maximum atomic E-state index is 13.0. The van der Waals surface area contributed by atoms with Crippen molar-refractivity contribution in [2.75, 3.05) is 7.11 Å². The number of ether oxygens (including phenoxy) is 1. The highest BCUT2D eigenvalue weighted by atomic mass is 35.5. The van der Waals surface area contributed by atoms with Crippen molar-refractivity contribution < 1.29 is 9.53 Å². The zero-order chi connectivity index (χ0) is 23.2. The molecule has 7 heteroatoms. The van der Waals surface area contributed by atoms with Crippen LogP contribution < -0.4 is 4.74 Å². The van der Waals surface area contributed by atoms with Gasteiger partial charge in [0.15, 0.2) is 5.78 Å². The summed E-state index contributed by atoms with van der Waals surface area (Å²) in [6, 6.07) is 15.4. The van der Waals surface area contributed by atoms with E-state index in [2.05, 4.69) is 16.2 Å². The number of nitrogens with one attached hydrogen (secondary N) is 1. The Kier molecular flexibility index (Phi) is 5.11. The van der Waals surface area contributed by atoms with Gasteiger partial charge in [-0.1, -0.05) is 11.6 Å². The monoisotopic (exact) mass is 470 g/mol. The molecule has 0 saturated carbocycles. The number of fused-ring (bicyclic) bond motifs is 3. The van der Waals surface area contributed by atoms with Crippen molar-refractivity contribution in [3.05, 3.63) is 82.9 Å². The quantitative estimate of drug-likeness (QED) is 0.322. The molecule has 0 spiro atoms. The van der Waals surface area contributed by atoms with Crippen LogP contribution in [-0.2, 0) is 12.8 Å². The minimum atomic E-state index is 0.139. The highest BCUT2D eigenvalue weighted by Crippen LogP contribution is 2.31. The number of aromatic nitrogens is 4. The highest BCUT2D eigenvalue weighted by molar-refractivity contribution is 6.31. The van der Waals surface area contributed by atoms with Crippen molar-refractivity contribution in [2.24, 2.45) is 5.92 Å². The van der Waals surface area contributed by atoms with Gasteiger partial charge in [-0.2, -0.15) is 5.10 Å². The van der Waals surface area contributed by atoms with Crippen LogP contribution in [0.4, 0.5) is 0 Å². The second-order valence-electron chi connectivity index (χ2n) is 8.91. The van der Waals surface area contributed by atoms with Gasteiger partial charge in [0.05, 0.1) is 29.7 Å². The number of halogens is 1. The molecule has 0 amide bonds. The second kappa shape index (κ2) is 8.29. The molecule has 0 bridgehead atoms. The van der Waals surface area contributed by atoms with Crippen LogP contribution in [0.5, 0.6) is 5.75 Å². The lowest BCUT2D eigenvalue weighted by Gasteiger charge is -2.20. The highest BCUT2D eigenvalue weighted by Gasteiger charge is 2.25. The standard InChI is InChI=1S/C27H23ClN4O2/c1-34-20-4-7-24-21(14-20)26(8-9-29-24)32-15-18-10-16(2-5-23(18)31-32)11-27(33)25-13-17-12-19(28)3-6-22(17)30-25/h3-4,6-9,12-16,30H,2,5,10-11H2,1H3. The van der Waals surface area contributed by atoms with Crippen LogP contribution in [0.3, 0.4) is 0 Å². The number of rotatable bonds is 5. The van der Waals surface area contributed by atoms with Gasteiger partial charge in [-0.05, 0) is 79.3 Å². The topological polar surface area (TPSA) is 72.8 Å². The first-order chi connectivity index (χ1) is 16.6. The molecule has 0 saturated heterocycles. The lowest BCUT2D eigenvalue weighted by atomic mass is 9.84. The molecule has 1 aliphatic carbocycles. The predicted octanol–water partition coefficient (Wildman–Crippen LogP) is 5.94. The number of pyridine rings is 1. The number of Topliss-reactive ketones (excluding diaryl/α,β-unsaturated/α-hetero) is 1. The molecule has 170 valence electrons.